The highest BCUT2D eigenvalue weighted by Gasteiger charge is 2.42. The fourth-order valence-electron chi connectivity index (χ4n) is 8.86. The smallest absolute Gasteiger partial charge is 0.435 e. The minimum Gasteiger partial charge on any atom is -0.544 e. The molecule has 2 N–H and O–H groups in total. The molecule has 0 unspecified atom stereocenters. The summed E-state index contributed by atoms with van der Waals surface area (Å²) in [6.07, 6.45) is 0.297. The van der Waals surface area contributed by atoms with Gasteiger partial charge in [0.2, 0.25) is 5.91 Å². The number of hydrogen-bond donors (Lipinski definition) is 2. The number of ether oxygens (including phenoxy) is 1. The number of quaternary nitrogens is 1. The van der Waals surface area contributed by atoms with Crippen LogP contribution in [-0.2, 0) is 27.5 Å². The Morgan fingerprint density at radius 3 is 2.29 bits per heavy atom. The van der Waals surface area contributed by atoms with Crippen molar-refractivity contribution in [3.05, 3.63) is 71.0 Å². The Balaban J connectivity index is 0.875. The molecule has 330 valence electrons. The summed E-state index contributed by atoms with van der Waals surface area (Å²) in [5.74, 6) is -1.92. The summed E-state index contributed by atoms with van der Waals surface area (Å²) in [4.78, 5) is 66.0. The highest BCUT2D eigenvalue weighted by Crippen LogP contribution is 2.37. The summed E-state index contributed by atoms with van der Waals surface area (Å²) in [6.45, 7) is 7.42. The molecule has 3 aromatic heterocycles. The number of carboxylic acid groups (broad SMARTS) is 1. The van der Waals surface area contributed by atoms with Crippen LogP contribution in [0.25, 0.3) is 17.1 Å². The zero-order chi connectivity index (χ0) is 43.8. The number of aromatic nitrogens is 5. The number of aliphatic carboxylic acids is 1. The van der Waals surface area contributed by atoms with Crippen molar-refractivity contribution >= 4 is 46.7 Å². The van der Waals surface area contributed by atoms with Crippen LogP contribution in [-0.4, -0.2) is 154 Å². The summed E-state index contributed by atoms with van der Waals surface area (Å²) in [6, 6.07) is 7.72. The van der Waals surface area contributed by atoms with Crippen LogP contribution >= 0.6 is 11.6 Å². The average molecular weight is 882 g/mol. The van der Waals surface area contributed by atoms with Crippen molar-refractivity contribution in [1.29, 1.82) is 0 Å². The fraction of sp³-hybridized carbons (Fsp3) is 0.488. The van der Waals surface area contributed by atoms with Gasteiger partial charge in [-0.3, -0.25) is 14.4 Å². The maximum Gasteiger partial charge on any atom is 0.435 e. The molecule has 0 spiro atoms. The van der Waals surface area contributed by atoms with Crippen molar-refractivity contribution in [1.82, 2.24) is 39.4 Å². The molecule has 21 heteroatoms. The number of morpholine rings is 1. The van der Waals surface area contributed by atoms with Crippen LogP contribution in [0.4, 0.5) is 24.5 Å². The van der Waals surface area contributed by atoms with Gasteiger partial charge in [-0.2, -0.15) is 18.3 Å². The molecular formula is C41H47ClF3N11O6. The molecule has 7 heterocycles. The first-order chi connectivity index (χ1) is 29.7. The van der Waals surface area contributed by atoms with Gasteiger partial charge in [-0.1, -0.05) is 11.6 Å². The van der Waals surface area contributed by atoms with Crippen molar-refractivity contribution in [2.45, 2.75) is 19.0 Å². The molecular weight excluding hydrogens is 835 g/mol. The third kappa shape index (κ3) is 9.13. The SMILES string of the molecule is Cn1c(-c2cn(-c3ccc(N4CCOCC4)cn3)nc2C(F)(F)F)cnc1C(=O)Nc1ccc(C(=O)N2CCN(C(=O)C3CC[N+](CC(=O)[O-])(CC4CNC4)CC3)CC2)c(Cl)c1. The summed E-state index contributed by atoms with van der Waals surface area (Å²) < 4.78 is 51.0. The first kappa shape index (κ1) is 43.1. The molecule has 4 aliphatic rings. The number of carbonyl (C=O) groups is 4. The van der Waals surface area contributed by atoms with E-state index < -0.39 is 23.7 Å². The number of hydrogen-bond acceptors (Lipinski definition) is 11. The molecule has 1 aromatic carbocycles. The van der Waals surface area contributed by atoms with E-state index in [1.165, 1.54) is 36.0 Å². The van der Waals surface area contributed by atoms with E-state index in [0.717, 1.165) is 36.2 Å². The van der Waals surface area contributed by atoms with E-state index in [4.69, 9.17) is 16.3 Å². The van der Waals surface area contributed by atoms with Crippen molar-refractivity contribution in [2.75, 3.05) is 102 Å². The molecule has 62 heavy (non-hydrogen) atoms. The lowest BCUT2D eigenvalue weighted by atomic mass is 9.90. The second kappa shape index (κ2) is 17.7. The number of piperazine rings is 1. The summed E-state index contributed by atoms with van der Waals surface area (Å²) in [5.41, 5.74) is -0.252. The molecule has 0 atom stereocenters. The standard InChI is InChI=1S/C41H47ClF3N11O6/c1-51-33(31-23-55(50-36(31)41(43,44)45)34-5-3-29(21-47-34)52-12-16-62-17-13-52)22-48-37(51)38(59)49-28-2-4-30(32(42)18-28)40(61)54-10-8-53(9-11-54)39(60)27-6-14-56(15-7-27,25-35(57)58)24-26-19-46-20-26/h2-5,18,21-23,26-27,46H,6-17,19-20,24-25H2,1H3,(H-,49,57,58,59,61). The van der Waals surface area contributed by atoms with Crippen LogP contribution in [0.2, 0.25) is 5.02 Å². The number of carboxylic acids is 1. The van der Waals surface area contributed by atoms with Crippen molar-refractivity contribution in [3.8, 4) is 17.1 Å². The number of nitrogens with zero attached hydrogens (tertiary/aromatic N) is 9. The van der Waals surface area contributed by atoms with E-state index in [2.05, 4.69) is 30.6 Å². The minimum atomic E-state index is -4.83. The number of pyridine rings is 1. The van der Waals surface area contributed by atoms with Crippen molar-refractivity contribution < 1.29 is 46.7 Å². The zero-order valence-corrected chi connectivity index (χ0v) is 34.8. The first-order valence-corrected chi connectivity index (χ1v) is 21.0. The minimum absolute atomic E-state index is 0.00914. The Bertz CT molecular complexity index is 2310. The number of benzene rings is 1. The number of amides is 3. The molecule has 4 aliphatic heterocycles. The van der Waals surface area contributed by atoms with Crippen LogP contribution in [0, 0.1) is 11.8 Å². The van der Waals surface area contributed by atoms with Crippen LogP contribution in [0.5, 0.6) is 0 Å². The maximum atomic E-state index is 14.3. The second-order valence-electron chi connectivity index (χ2n) is 16.4. The lowest BCUT2D eigenvalue weighted by molar-refractivity contribution is -0.931. The van der Waals surface area contributed by atoms with Gasteiger partial charge in [0.05, 0.1) is 78.7 Å². The van der Waals surface area contributed by atoms with Crippen LogP contribution in [0.1, 0.15) is 39.5 Å². The van der Waals surface area contributed by atoms with E-state index >= 15 is 0 Å². The van der Waals surface area contributed by atoms with E-state index in [0.29, 0.717) is 88.8 Å². The highest BCUT2D eigenvalue weighted by molar-refractivity contribution is 6.34. The first-order valence-electron chi connectivity index (χ1n) is 20.6. The van der Waals surface area contributed by atoms with Crippen molar-refractivity contribution in [2.24, 2.45) is 18.9 Å². The maximum absolute atomic E-state index is 14.3. The molecule has 0 radical (unpaired) electrons. The lowest BCUT2D eigenvalue weighted by Gasteiger charge is -2.47. The molecule has 17 nitrogen and oxygen atoms in total. The molecule has 8 rings (SSSR count). The number of piperidine rings is 1. The Kier molecular flexibility index (Phi) is 12.3. The molecule has 0 bridgehead atoms. The Hall–Kier alpha value is -5.57. The Labute approximate surface area is 360 Å². The summed E-state index contributed by atoms with van der Waals surface area (Å²) in [5, 5.41) is 21.4. The van der Waals surface area contributed by atoms with Crippen LogP contribution in [0.3, 0.4) is 0 Å². The zero-order valence-electron chi connectivity index (χ0n) is 34.1. The van der Waals surface area contributed by atoms with Crippen molar-refractivity contribution in [3.63, 3.8) is 0 Å². The van der Waals surface area contributed by atoms with Gasteiger partial charge in [-0.05, 0) is 30.3 Å². The van der Waals surface area contributed by atoms with Gasteiger partial charge in [0, 0.05) is 96.0 Å². The van der Waals surface area contributed by atoms with Gasteiger partial charge < -0.3 is 49.0 Å². The average Bonchev–Trinajstić information content (AvgIpc) is 3.87. The number of nitrogens with one attached hydrogen (secondary N) is 2. The molecule has 4 saturated heterocycles. The fourth-order valence-corrected chi connectivity index (χ4v) is 9.12. The number of alkyl halides is 3. The third-order valence-electron chi connectivity index (χ3n) is 12.4. The molecule has 4 fully saturated rings. The normalized spacial score (nSPS) is 21.1. The third-order valence-corrected chi connectivity index (χ3v) is 12.7. The van der Waals surface area contributed by atoms with Gasteiger partial charge >= 0.3 is 6.18 Å². The number of carbonyl (C=O) groups excluding carboxylic acids is 4. The molecule has 4 aromatic rings. The van der Waals surface area contributed by atoms with Gasteiger partial charge in [0.25, 0.3) is 11.8 Å². The number of rotatable bonds is 11. The quantitative estimate of drug-likeness (QED) is 0.210. The lowest BCUT2D eigenvalue weighted by Crippen LogP contribution is -2.63. The predicted molar refractivity (Wildman–Crippen MR) is 217 cm³/mol. The predicted octanol–water partition coefficient (Wildman–Crippen LogP) is 1.91. The molecule has 0 saturated carbocycles. The van der Waals surface area contributed by atoms with E-state index in [9.17, 15) is 37.5 Å². The Morgan fingerprint density at radius 1 is 0.968 bits per heavy atom. The molecule has 3 amide bonds. The summed E-state index contributed by atoms with van der Waals surface area (Å²) in [7, 11) is 1.42. The highest BCUT2D eigenvalue weighted by atomic mass is 35.5. The Morgan fingerprint density at radius 2 is 1.68 bits per heavy atom. The topological polar surface area (TPSA) is 183 Å². The number of halogens is 4. The van der Waals surface area contributed by atoms with Crippen LogP contribution in [0.15, 0.2) is 48.9 Å². The van der Waals surface area contributed by atoms with Gasteiger partial charge in [0.15, 0.2) is 17.3 Å². The number of anilines is 2. The largest absolute Gasteiger partial charge is 0.544 e. The van der Waals surface area contributed by atoms with Gasteiger partial charge in [-0.15, -0.1) is 0 Å². The van der Waals surface area contributed by atoms with E-state index in [1.54, 1.807) is 28.1 Å². The second-order valence-corrected chi connectivity index (χ2v) is 16.8. The van der Waals surface area contributed by atoms with E-state index in [-0.39, 0.29) is 63.5 Å². The number of likely N-dealkylation sites (tertiary alicyclic amines) is 1. The van der Waals surface area contributed by atoms with Crippen LogP contribution < -0.4 is 20.6 Å². The van der Waals surface area contributed by atoms with E-state index in [1.807, 2.05) is 0 Å². The van der Waals surface area contributed by atoms with Gasteiger partial charge in [-0.25, -0.2) is 14.6 Å². The van der Waals surface area contributed by atoms with Gasteiger partial charge in [0.1, 0.15) is 6.54 Å². The monoisotopic (exact) mass is 881 g/mol. The summed E-state index contributed by atoms with van der Waals surface area (Å²) >= 11 is 6.57. The molecule has 0 aliphatic carbocycles. The number of imidazole rings is 1.